The molecule has 8 heteroatoms. The lowest BCUT2D eigenvalue weighted by Crippen LogP contribution is -2.42. The first-order valence-corrected chi connectivity index (χ1v) is 10.4. The molecule has 7 nitrogen and oxygen atoms in total. The highest BCUT2D eigenvalue weighted by Crippen LogP contribution is 2.48. The van der Waals surface area contributed by atoms with Gasteiger partial charge in [-0.2, -0.15) is 4.31 Å². The Kier molecular flexibility index (Phi) is 4.35. The molecule has 0 bridgehead atoms. The van der Waals surface area contributed by atoms with Gasteiger partial charge in [-0.05, 0) is 54.4 Å². The van der Waals surface area contributed by atoms with Gasteiger partial charge in [0.2, 0.25) is 15.9 Å². The average Bonchev–Trinajstić information content (AvgIpc) is 3.26. The van der Waals surface area contributed by atoms with Crippen molar-refractivity contribution in [3.8, 4) is 11.5 Å². The van der Waals surface area contributed by atoms with Gasteiger partial charge in [-0.3, -0.25) is 4.79 Å². The van der Waals surface area contributed by atoms with E-state index in [1.165, 1.54) is 23.5 Å². The van der Waals surface area contributed by atoms with Crippen LogP contribution in [0.15, 0.2) is 47.4 Å². The van der Waals surface area contributed by atoms with Crippen LogP contribution in [-0.4, -0.2) is 53.0 Å². The van der Waals surface area contributed by atoms with Gasteiger partial charge in [-0.15, -0.1) is 0 Å². The molecule has 1 spiro atoms. The molecule has 1 atom stereocenters. The molecular formula is C20H22N2O5S. The van der Waals surface area contributed by atoms with Crippen LogP contribution in [0.1, 0.15) is 12.0 Å². The molecule has 4 rings (SSSR count). The molecule has 2 aliphatic heterocycles. The third-order valence-electron chi connectivity index (χ3n) is 5.73. The van der Waals surface area contributed by atoms with Gasteiger partial charge in [0.25, 0.3) is 0 Å². The van der Waals surface area contributed by atoms with Crippen molar-refractivity contribution in [3.63, 3.8) is 0 Å². The van der Waals surface area contributed by atoms with Crippen LogP contribution < -0.4 is 14.4 Å². The highest BCUT2D eigenvalue weighted by Gasteiger charge is 2.55. The molecule has 1 fully saturated rings. The summed E-state index contributed by atoms with van der Waals surface area (Å²) in [5, 5.41) is 0. The van der Waals surface area contributed by atoms with E-state index in [-0.39, 0.29) is 23.9 Å². The zero-order chi connectivity index (χ0) is 20.1. The summed E-state index contributed by atoms with van der Waals surface area (Å²) < 4.78 is 38.1. The SMILES string of the molecule is COc1ccc(S(=O)(=O)N2CC[C@]3(C2)C(=O)N(C)c2ccc(OC)cc23)cc1. The Balaban J connectivity index is 1.71. The Bertz CT molecular complexity index is 1040. The van der Waals surface area contributed by atoms with E-state index >= 15 is 0 Å². The standard InChI is InChI=1S/C20H22N2O5S/c1-21-18-9-6-15(27-3)12-17(18)20(19(21)23)10-11-22(13-20)28(24,25)16-7-4-14(26-2)5-8-16/h4-9,12H,10-11,13H2,1-3H3/t20-/m1/s1. The largest absolute Gasteiger partial charge is 0.497 e. The first-order chi connectivity index (χ1) is 13.3. The highest BCUT2D eigenvalue weighted by atomic mass is 32.2. The Labute approximate surface area is 164 Å². The maximum absolute atomic E-state index is 13.1. The molecule has 0 aromatic heterocycles. The maximum atomic E-state index is 13.1. The molecule has 2 aromatic rings. The highest BCUT2D eigenvalue weighted by molar-refractivity contribution is 7.89. The summed E-state index contributed by atoms with van der Waals surface area (Å²) in [5.74, 6) is 1.16. The monoisotopic (exact) mass is 402 g/mol. The van der Waals surface area contributed by atoms with E-state index in [0.29, 0.717) is 17.9 Å². The number of rotatable bonds is 4. The van der Waals surface area contributed by atoms with E-state index in [1.54, 1.807) is 31.2 Å². The zero-order valence-corrected chi connectivity index (χ0v) is 16.8. The number of carbonyl (C=O) groups excluding carboxylic acids is 1. The molecule has 2 aromatic carbocycles. The lowest BCUT2D eigenvalue weighted by Gasteiger charge is -2.23. The van der Waals surface area contributed by atoms with Crippen LogP contribution in [-0.2, 0) is 20.2 Å². The smallest absolute Gasteiger partial charge is 0.243 e. The van der Waals surface area contributed by atoms with Crippen LogP contribution >= 0.6 is 0 Å². The molecule has 0 unspecified atom stereocenters. The van der Waals surface area contributed by atoms with Crippen molar-refractivity contribution in [3.05, 3.63) is 48.0 Å². The molecule has 1 saturated heterocycles. The summed E-state index contributed by atoms with van der Waals surface area (Å²) in [6.07, 6.45) is 0.436. The molecule has 148 valence electrons. The van der Waals surface area contributed by atoms with Gasteiger partial charge >= 0.3 is 0 Å². The minimum atomic E-state index is -3.71. The van der Waals surface area contributed by atoms with Crippen molar-refractivity contribution >= 4 is 21.6 Å². The van der Waals surface area contributed by atoms with Crippen LogP contribution in [0.3, 0.4) is 0 Å². The van der Waals surface area contributed by atoms with E-state index in [1.807, 2.05) is 18.2 Å². The first kappa shape index (κ1) is 18.8. The fraction of sp³-hybridized carbons (Fsp3) is 0.350. The second kappa shape index (κ2) is 6.49. The van der Waals surface area contributed by atoms with Crippen molar-refractivity contribution in [1.82, 2.24) is 4.31 Å². The van der Waals surface area contributed by atoms with Crippen molar-refractivity contribution in [2.24, 2.45) is 0 Å². The molecule has 0 radical (unpaired) electrons. The van der Waals surface area contributed by atoms with Crippen LogP contribution in [0.4, 0.5) is 5.69 Å². The van der Waals surface area contributed by atoms with E-state index in [0.717, 1.165) is 11.3 Å². The number of nitrogens with zero attached hydrogens (tertiary/aromatic N) is 2. The topological polar surface area (TPSA) is 76.2 Å². The minimum absolute atomic E-state index is 0.0804. The number of likely N-dealkylation sites (N-methyl/N-ethyl adjacent to an activating group) is 1. The third-order valence-corrected chi connectivity index (χ3v) is 7.59. The Morgan fingerprint density at radius 1 is 1.00 bits per heavy atom. The predicted octanol–water partition coefficient (Wildman–Crippen LogP) is 2.01. The Morgan fingerprint density at radius 3 is 2.29 bits per heavy atom. The van der Waals surface area contributed by atoms with E-state index in [4.69, 9.17) is 9.47 Å². The Hall–Kier alpha value is -2.58. The zero-order valence-electron chi connectivity index (χ0n) is 16.0. The van der Waals surface area contributed by atoms with E-state index in [2.05, 4.69) is 0 Å². The van der Waals surface area contributed by atoms with Gasteiger partial charge < -0.3 is 14.4 Å². The summed E-state index contributed by atoms with van der Waals surface area (Å²) in [6, 6.07) is 11.8. The molecule has 2 heterocycles. The predicted molar refractivity (Wildman–Crippen MR) is 104 cm³/mol. The first-order valence-electron chi connectivity index (χ1n) is 8.94. The van der Waals surface area contributed by atoms with Crippen LogP contribution in [0, 0.1) is 0 Å². The number of ether oxygens (including phenoxy) is 2. The second-order valence-electron chi connectivity index (χ2n) is 7.09. The minimum Gasteiger partial charge on any atom is -0.497 e. The fourth-order valence-electron chi connectivity index (χ4n) is 4.13. The fourth-order valence-corrected chi connectivity index (χ4v) is 5.63. The van der Waals surface area contributed by atoms with Crippen molar-refractivity contribution in [1.29, 1.82) is 0 Å². The molecule has 28 heavy (non-hydrogen) atoms. The summed E-state index contributed by atoms with van der Waals surface area (Å²) in [5.41, 5.74) is 0.749. The lowest BCUT2D eigenvalue weighted by atomic mass is 9.81. The van der Waals surface area contributed by atoms with Crippen LogP contribution in [0.5, 0.6) is 11.5 Å². The number of methoxy groups -OCH3 is 2. The van der Waals surface area contributed by atoms with Gasteiger partial charge in [0.15, 0.2) is 0 Å². The average molecular weight is 402 g/mol. The number of fused-ring (bicyclic) bond motifs is 2. The summed E-state index contributed by atoms with van der Waals surface area (Å²) >= 11 is 0. The number of hydrogen-bond donors (Lipinski definition) is 0. The molecule has 1 amide bonds. The Morgan fingerprint density at radius 2 is 1.64 bits per heavy atom. The molecule has 0 saturated carbocycles. The van der Waals surface area contributed by atoms with Gasteiger partial charge in [0.05, 0.1) is 24.5 Å². The third kappa shape index (κ3) is 2.59. The molecular weight excluding hydrogens is 380 g/mol. The number of amides is 1. The summed E-state index contributed by atoms with van der Waals surface area (Å²) in [4.78, 5) is 14.9. The maximum Gasteiger partial charge on any atom is 0.243 e. The van der Waals surface area contributed by atoms with Crippen molar-refractivity contribution in [2.45, 2.75) is 16.7 Å². The molecule has 0 N–H and O–H groups in total. The van der Waals surface area contributed by atoms with Gasteiger partial charge in [0.1, 0.15) is 11.5 Å². The summed E-state index contributed by atoms with van der Waals surface area (Å²) in [6.45, 7) is 0.398. The van der Waals surface area contributed by atoms with E-state index < -0.39 is 15.4 Å². The van der Waals surface area contributed by atoms with Crippen LogP contribution in [0.25, 0.3) is 0 Å². The second-order valence-corrected chi connectivity index (χ2v) is 9.03. The van der Waals surface area contributed by atoms with Gasteiger partial charge in [0, 0.05) is 25.8 Å². The summed E-state index contributed by atoms with van der Waals surface area (Å²) in [7, 11) is 1.12. The number of anilines is 1. The van der Waals surface area contributed by atoms with Gasteiger partial charge in [-0.1, -0.05) is 0 Å². The van der Waals surface area contributed by atoms with Crippen molar-refractivity contribution in [2.75, 3.05) is 39.3 Å². The van der Waals surface area contributed by atoms with E-state index in [9.17, 15) is 13.2 Å². The van der Waals surface area contributed by atoms with Crippen molar-refractivity contribution < 1.29 is 22.7 Å². The molecule has 0 aliphatic carbocycles. The number of sulfonamides is 1. The lowest BCUT2D eigenvalue weighted by molar-refractivity contribution is -0.122. The quantitative estimate of drug-likeness (QED) is 0.782. The number of carbonyl (C=O) groups is 1. The number of benzene rings is 2. The normalized spacial score (nSPS) is 22.0. The van der Waals surface area contributed by atoms with Gasteiger partial charge in [-0.25, -0.2) is 8.42 Å². The number of hydrogen-bond acceptors (Lipinski definition) is 5. The van der Waals surface area contributed by atoms with Crippen LogP contribution in [0.2, 0.25) is 0 Å². The molecule has 2 aliphatic rings.